The molecular weight excluding hydrogens is 318 g/mol. The van der Waals surface area contributed by atoms with E-state index in [1.165, 1.54) is 16.8 Å². The van der Waals surface area contributed by atoms with Crippen molar-refractivity contribution in [1.82, 2.24) is 4.40 Å². The molecule has 0 aromatic carbocycles. The summed E-state index contributed by atoms with van der Waals surface area (Å²) in [6.45, 7) is 2.15. The number of carboxylic acid groups (broad SMARTS) is 1. The molecule has 1 saturated carbocycles. The lowest BCUT2D eigenvalue weighted by Crippen LogP contribution is -2.21. The van der Waals surface area contributed by atoms with Gasteiger partial charge in [-0.2, -0.15) is 0 Å². The Labute approximate surface area is 126 Å². The Kier molecular flexibility index (Phi) is 3.59. The number of hydrogen-bond acceptors (Lipinski definition) is 1. The number of halogens is 1. The first-order valence-corrected chi connectivity index (χ1v) is 7.86. The molecule has 1 fully saturated rings. The molecule has 0 aliphatic heterocycles. The van der Waals surface area contributed by atoms with Crippen LogP contribution in [0.3, 0.4) is 0 Å². The standard InChI is InChI=1S/C16H18BrNO2/c1-10-14(17)13-4-2-3-9-18(13)15(10)11-5-7-12(8-6-11)16(19)20/h2-4,9,11-12H,5-8H2,1H3,(H,19,20). The SMILES string of the molecule is Cc1c(Br)c2ccccn2c1C1CCC(C(=O)O)CC1. The molecule has 3 rings (SSSR count). The maximum absolute atomic E-state index is 11.1. The molecular formula is C16H18BrNO2. The summed E-state index contributed by atoms with van der Waals surface area (Å²) >= 11 is 3.69. The summed E-state index contributed by atoms with van der Waals surface area (Å²) in [5.41, 5.74) is 3.83. The Morgan fingerprint density at radius 3 is 2.65 bits per heavy atom. The van der Waals surface area contributed by atoms with E-state index in [2.05, 4.69) is 39.5 Å². The third kappa shape index (κ3) is 2.16. The number of nitrogens with zero attached hydrogens (tertiary/aromatic N) is 1. The summed E-state index contributed by atoms with van der Waals surface area (Å²) in [5, 5.41) is 9.11. The second-order valence-corrected chi connectivity index (χ2v) is 6.46. The third-order valence-electron chi connectivity index (χ3n) is 4.52. The van der Waals surface area contributed by atoms with E-state index in [1.54, 1.807) is 0 Å². The molecule has 1 N–H and O–H groups in total. The molecule has 2 heterocycles. The molecule has 0 saturated heterocycles. The van der Waals surface area contributed by atoms with Gasteiger partial charge < -0.3 is 9.51 Å². The maximum Gasteiger partial charge on any atom is 0.306 e. The minimum Gasteiger partial charge on any atom is -0.481 e. The Hall–Kier alpha value is -1.29. The number of carboxylic acids is 1. The van der Waals surface area contributed by atoms with Crippen LogP contribution in [-0.2, 0) is 4.79 Å². The molecule has 1 aliphatic carbocycles. The number of hydrogen-bond donors (Lipinski definition) is 1. The van der Waals surface area contributed by atoms with Crippen molar-refractivity contribution in [2.24, 2.45) is 5.92 Å². The first-order valence-electron chi connectivity index (χ1n) is 7.07. The lowest BCUT2D eigenvalue weighted by molar-refractivity contribution is -0.142. The van der Waals surface area contributed by atoms with Crippen molar-refractivity contribution in [3.63, 3.8) is 0 Å². The first kappa shape index (κ1) is 13.7. The smallest absolute Gasteiger partial charge is 0.306 e. The molecule has 0 spiro atoms. The summed E-state index contributed by atoms with van der Waals surface area (Å²) in [5.74, 6) is -0.325. The third-order valence-corrected chi connectivity index (χ3v) is 5.52. The monoisotopic (exact) mass is 335 g/mol. The summed E-state index contributed by atoms with van der Waals surface area (Å²) in [6, 6.07) is 6.21. The largest absolute Gasteiger partial charge is 0.481 e. The second-order valence-electron chi connectivity index (χ2n) is 5.67. The van der Waals surface area contributed by atoms with Gasteiger partial charge in [0.2, 0.25) is 0 Å². The Bertz CT molecular complexity index is 654. The number of aliphatic carboxylic acids is 1. The van der Waals surface area contributed by atoms with Crippen LogP contribution in [0.5, 0.6) is 0 Å². The average molecular weight is 336 g/mol. The van der Waals surface area contributed by atoms with Gasteiger partial charge in [0.05, 0.1) is 11.4 Å². The molecule has 1 aliphatic rings. The van der Waals surface area contributed by atoms with Crippen LogP contribution in [0.2, 0.25) is 0 Å². The van der Waals surface area contributed by atoms with Crippen LogP contribution in [0.1, 0.15) is 42.9 Å². The molecule has 3 nitrogen and oxygen atoms in total. The van der Waals surface area contributed by atoms with Gasteiger partial charge in [0, 0.05) is 16.4 Å². The average Bonchev–Trinajstić information content (AvgIpc) is 2.72. The zero-order valence-electron chi connectivity index (χ0n) is 11.5. The lowest BCUT2D eigenvalue weighted by atomic mass is 9.80. The van der Waals surface area contributed by atoms with Crippen LogP contribution in [0.15, 0.2) is 28.9 Å². The summed E-state index contributed by atoms with van der Waals surface area (Å²) < 4.78 is 3.42. The fourth-order valence-corrected chi connectivity index (χ4v) is 3.96. The molecule has 0 amide bonds. The Morgan fingerprint density at radius 2 is 2.00 bits per heavy atom. The maximum atomic E-state index is 11.1. The Balaban J connectivity index is 1.96. The van der Waals surface area contributed by atoms with Crippen molar-refractivity contribution in [3.8, 4) is 0 Å². The summed E-state index contributed by atoms with van der Waals surface area (Å²) in [7, 11) is 0. The van der Waals surface area contributed by atoms with Crippen molar-refractivity contribution in [1.29, 1.82) is 0 Å². The molecule has 2 aromatic rings. The van der Waals surface area contributed by atoms with Gasteiger partial charge in [-0.3, -0.25) is 4.79 Å². The molecule has 0 bridgehead atoms. The number of fused-ring (bicyclic) bond motifs is 1. The molecule has 0 unspecified atom stereocenters. The molecule has 20 heavy (non-hydrogen) atoms. The normalized spacial score (nSPS) is 23.1. The fourth-order valence-electron chi connectivity index (χ4n) is 3.43. The van der Waals surface area contributed by atoms with Gasteiger partial charge in [-0.15, -0.1) is 0 Å². The Morgan fingerprint density at radius 1 is 1.30 bits per heavy atom. The zero-order valence-corrected chi connectivity index (χ0v) is 13.1. The number of pyridine rings is 1. The number of aromatic nitrogens is 1. The van der Waals surface area contributed by atoms with Gasteiger partial charge in [0.15, 0.2) is 0 Å². The van der Waals surface area contributed by atoms with Crippen molar-refractivity contribution < 1.29 is 9.90 Å². The van der Waals surface area contributed by atoms with Gasteiger partial charge in [-0.25, -0.2) is 0 Å². The minimum absolute atomic E-state index is 0.152. The van der Waals surface area contributed by atoms with Crippen LogP contribution < -0.4 is 0 Å². The van der Waals surface area contributed by atoms with Crippen LogP contribution in [0, 0.1) is 12.8 Å². The quantitative estimate of drug-likeness (QED) is 0.885. The molecule has 0 radical (unpaired) electrons. The highest BCUT2D eigenvalue weighted by molar-refractivity contribution is 9.10. The van der Waals surface area contributed by atoms with E-state index < -0.39 is 5.97 Å². The zero-order chi connectivity index (χ0) is 14.3. The highest BCUT2D eigenvalue weighted by Gasteiger charge is 2.29. The minimum atomic E-state index is -0.638. The van der Waals surface area contributed by atoms with Crippen LogP contribution >= 0.6 is 15.9 Å². The van der Waals surface area contributed by atoms with E-state index in [0.717, 1.165) is 30.2 Å². The van der Waals surface area contributed by atoms with E-state index in [4.69, 9.17) is 5.11 Å². The van der Waals surface area contributed by atoms with Gasteiger partial charge in [-0.1, -0.05) is 6.07 Å². The van der Waals surface area contributed by atoms with Crippen molar-refractivity contribution in [3.05, 3.63) is 40.1 Å². The second kappa shape index (κ2) is 5.24. The summed E-state index contributed by atoms with van der Waals surface area (Å²) in [4.78, 5) is 11.1. The van der Waals surface area contributed by atoms with E-state index >= 15 is 0 Å². The predicted molar refractivity (Wildman–Crippen MR) is 82.2 cm³/mol. The van der Waals surface area contributed by atoms with Crippen LogP contribution in [0.4, 0.5) is 0 Å². The highest BCUT2D eigenvalue weighted by atomic mass is 79.9. The van der Waals surface area contributed by atoms with Gasteiger partial charge in [0.25, 0.3) is 0 Å². The first-order chi connectivity index (χ1) is 9.59. The van der Waals surface area contributed by atoms with Gasteiger partial charge in [0.1, 0.15) is 0 Å². The van der Waals surface area contributed by atoms with E-state index in [1.807, 2.05) is 12.1 Å². The topological polar surface area (TPSA) is 41.7 Å². The predicted octanol–water partition coefficient (Wildman–Crippen LogP) is 4.37. The molecule has 4 heteroatoms. The highest BCUT2D eigenvalue weighted by Crippen LogP contribution is 2.40. The molecule has 2 aromatic heterocycles. The van der Waals surface area contributed by atoms with Gasteiger partial charge in [-0.05, 0) is 72.2 Å². The summed E-state index contributed by atoms with van der Waals surface area (Å²) in [6.07, 6.45) is 5.61. The van der Waals surface area contributed by atoms with E-state index in [0.29, 0.717) is 5.92 Å². The number of carbonyl (C=O) groups is 1. The molecule has 0 atom stereocenters. The van der Waals surface area contributed by atoms with E-state index in [9.17, 15) is 4.79 Å². The van der Waals surface area contributed by atoms with Gasteiger partial charge >= 0.3 is 5.97 Å². The molecule has 106 valence electrons. The van der Waals surface area contributed by atoms with Crippen LogP contribution in [0.25, 0.3) is 5.52 Å². The van der Waals surface area contributed by atoms with E-state index in [-0.39, 0.29) is 5.92 Å². The van der Waals surface area contributed by atoms with Crippen LogP contribution in [-0.4, -0.2) is 15.5 Å². The van der Waals surface area contributed by atoms with Crippen molar-refractivity contribution in [2.75, 3.05) is 0 Å². The van der Waals surface area contributed by atoms with Crippen molar-refractivity contribution >= 4 is 27.4 Å². The fraction of sp³-hybridized carbons (Fsp3) is 0.438. The lowest BCUT2D eigenvalue weighted by Gasteiger charge is -2.26. The van der Waals surface area contributed by atoms with Crippen molar-refractivity contribution in [2.45, 2.75) is 38.5 Å². The number of rotatable bonds is 2.